The van der Waals surface area contributed by atoms with E-state index in [1.165, 1.54) is 0 Å². The Morgan fingerprint density at radius 1 is 1.58 bits per heavy atom. The average molecular weight is 261 g/mol. The van der Waals surface area contributed by atoms with Gasteiger partial charge in [-0.25, -0.2) is 0 Å². The van der Waals surface area contributed by atoms with Crippen molar-refractivity contribution in [3.05, 3.63) is 29.6 Å². The van der Waals surface area contributed by atoms with E-state index in [1.807, 2.05) is 19.2 Å². The van der Waals surface area contributed by atoms with E-state index < -0.39 is 0 Å². The lowest BCUT2D eigenvalue weighted by Gasteiger charge is -2.35. The lowest BCUT2D eigenvalue weighted by Crippen LogP contribution is -2.50. The maximum Gasteiger partial charge on any atom is 0.227 e. The van der Waals surface area contributed by atoms with Gasteiger partial charge in [0.2, 0.25) is 5.91 Å². The molecule has 4 heteroatoms. The first-order valence-corrected chi connectivity index (χ1v) is 7.06. The molecule has 1 saturated heterocycles. The molecule has 1 atom stereocenters. The molecule has 1 fully saturated rings. The SMILES string of the molecule is CCC1(C(=O)NCc2ccncc2C)CCCNC1. The van der Waals surface area contributed by atoms with Crippen molar-refractivity contribution >= 4 is 5.91 Å². The van der Waals surface area contributed by atoms with Gasteiger partial charge in [-0.05, 0) is 49.9 Å². The van der Waals surface area contributed by atoms with Gasteiger partial charge in [0.25, 0.3) is 0 Å². The second-order valence-corrected chi connectivity index (χ2v) is 5.40. The molecule has 2 rings (SSSR count). The summed E-state index contributed by atoms with van der Waals surface area (Å²) in [5, 5.41) is 6.44. The largest absolute Gasteiger partial charge is 0.351 e. The van der Waals surface area contributed by atoms with Gasteiger partial charge < -0.3 is 10.6 Å². The molecule has 19 heavy (non-hydrogen) atoms. The van der Waals surface area contributed by atoms with Crippen molar-refractivity contribution in [1.29, 1.82) is 0 Å². The molecule has 1 unspecified atom stereocenters. The van der Waals surface area contributed by atoms with Crippen molar-refractivity contribution in [1.82, 2.24) is 15.6 Å². The molecule has 0 aliphatic carbocycles. The molecule has 1 aromatic rings. The molecule has 0 spiro atoms. The smallest absolute Gasteiger partial charge is 0.227 e. The van der Waals surface area contributed by atoms with Crippen LogP contribution < -0.4 is 10.6 Å². The zero-order chi connectivity index (χ0) is 13.7. The standard InChI is InChI=1S/C15H23N3O/c1-3-15(6-4-7-17-11-15)14(19)18-10-13-5-8-16-9-12(13)2/h5,8-9,17H,3-4,6-7,10-11H2,1-2H3,(H,18,19). The third-order valence-corrected chi connectivity index (χ3v) is 4.21. The average Bonchev–Trinajstić information content (AvgIpc) is 2.46. The second kappa shape index (κ2) is 6.15. The van der Waals surface area contributed by atoms with Gasteiger partial charge in [-0.2, -0.15) is 0 Å². The molecule has 1 aliphatic heterocycles. The van der Waals surface area contributed by atoms with Crippen LogP contribution in [0.1, 0.15) is 37.3 Å². The highest BCUT2D eigenvalue weighted by atomic mass is 16.2. The first kappa shape index (κ1) is 14.0. The highest BCUT2D eigenvalue weighted by Crippen LogP contribution is 2.30. The molecular formula is C15H23N3O. The zero-order valence-electron chi connectivity index (χ0n) is 11.8. The monoisotopic (exact) mass is 261 g/mol. The van der Waals surface area contributed by atoms with Crippen molar-refractivity contribution in [2.24, 2.45) is 5.41 Å². The molecule has 0 saturated carbocycles. The summed E-state index contributed by atoms with van der Waals surface area (Å²) in [5.74, 6) is 0.179. The predicted octanol–water partition coefficient (Wildman–Crippen LogP) is 1.79. The van der Waals surface area contributed by atoms with Crippen LogP contribution in [0.25, 0.3) is 0 Å². The Balaban J connectivity index is 1.98. The zero-order valence-corrected chi connectivity index (χ0v) is 11.8. The van der Waals surface area contributed by atoms with E-state index in [4.69, 9.17) is 0 Å². The lowest BCUT2D eigenvalue weighted by atomic mass is 9.77. The van der Waals surface area contributed by atoms with E-state index in [0.717, 1.165) is 43.5 Å². The Morgan fingerprint density at radius 3 is 3.05 bits per heavy atom. The number of aromatic nitrogens is 1. The maximum atomic E-state index is 12.5. The van der Waals surface area contributed by atoms with Gasteiger partial charge in [0.1, 0.15) is 0 Å². The van der Waals surface area contributed by atoms with Crippen LogP contribution >= 0.6 is 0 Å². The van der Waals surface area contributed by atoms with Gasteiger partial charge >= 0.3 is 0 Å². The maximum absolute atomic E-state index is 12.5. The predicted molar refractivity (Wildman–Crippen MR) is 75.6 cm³/mol. The summed E-state index contributed by atoms with van der Waals surface area (Å²) in [6.07, 6.45) is 6.56. The van der Waals surface area contributed by atoms with Crippen molar-refractivity contribution in [3.63, 3.8) is 0 Å². The molecular weight excluding hydrogens is 238 g/mol. The van der Waals surface area contributed by atoms with E-state index in [9.17, 15) is 4.79 Å². The van der Waals surface area contributed by atoms with Gasteiger partial charge in [-0.3, -0.25) is 9.78 Å². The fourth-order valence-electron chi connectivity index (χ4n) is 2.69. The number of piperidine rings is 1. The van der Waals surface area contributed by atoms with Crippen LogP contribution in [0.2, 0.25) is 0 Å². The normalized spacial score (nSPS) is 23.1. The van der Waals surface area contributed by atoms with E-state index in [-0.39, 0.29) is 11.3 Å². The van der Waals surface area contributed by atoms with Gasteiger partial charge in [-0.1, -0.05) is 6.92 Å². The summed E-state index contributed by atoms with van der Waals surface area (Å²) in [7, 11) is 0. The lowest BCUT2D eigenvalue weighted by molar-refractivity contribution is -0.132. The van der Waals surface area contributed by atoms with E-state index in [0.29, 0.717) is 6.54 Å². The fourth-order valence-corrected chi connectivity index (χ4v) is 2.69. The summed E-state index contributed by atoms with van der Waals surface area (Å²) in [4.78, 5) is 16.5. The van der Waals surface area contributed by atoms with E-state index in [1.54, 1.807) is 6.20 Å². The molecule has 104 valence electrons. The molecule has 1 aromatic heterocycles. The molecule has 1 aliphatic rings. The third kappa shape index (κ3) is 3.13. The topological polar surface area (TPSA) is 54.0 Å². The van der Waals surface area contributed by atoms with Gasteiger partial charge in [0.05, 0.1) is 5.41 Å². The van der Waals surface area contributed by atoms with E-state index >= 15 is 0 Å². The van der Waals surface area contributed by atoms with Crippen molar-refractivity contribution < 1.29 is 4.79 Å². The van der Waals surface area contributed by atoms with Gasteiger partial charge in [0, 0.05) is 25.5 Å². The van der Waals surface area contributed by atoms with Crippen LogP contribution in [0.15, 0.2) is 18.5 Å². The molecule has 0 bridgehead atoms. The third-order valence-electron chi connectivity index (χ3n) is 4.21. The number of rotatable bonds is 4. The Hall–Kier alpha value is -1.42. The molecule has 0 aromatic carbocycles. The number of hydrogen-bond acceptors (Lipinski definition) is 3. The minimum atomic E-state index is -0.223. The number of carbonyl (C=O) groups excluding carboxylic acids is 1. The summed E-state index contributed by atoms with van der Waals surface area (Å²) < 4.78 is 0. The Morgan fingerprint density at radius 2 is 2.42 bits per heavy atom. The highest BCUT2D eigenvalue weighted by molar-refractivity contribution is 5.83. The van der Waals surface area contributed by atoms with Crippen molar-refractivity contribution in [2.75, 3.05) is 13.1 Å². The highest BCUT2D eigenvalue weighted by Gasteiger charge is 2.37. The number of nitrogens with zero attached hydrogens (tertiary/aromatic N) is 1. The molecule has 1 amide bonds. The van der Waals surface area contributed by atoms with E-state index in [2.05, 4.69) is 22.5 Å². The van der Waals surface area contributed by atoms with Crippen molar-refractivity contribution in [3.8, 4) is 0 Å². The number of pyridine rings is 1. The minimum Gasteiger partial charge on any atom is -0.351 e. The molecule has 4 nitrogen and oxygen atoms in total. The number of carbonyl (C=O) groups is 1. The van der Waals surface area contributed by atoms with Crippen LogP contribution in [0.5, 0.6) is 0 Å². The number of amides is 1. The molecule has 2 heterocycles. The Kier molecular flexibility index (Phi) is 4.53. The number of nitrogens with one attached hydrogen (secondary N) is 2. The number of aryl methyl sites for hydroxylation is 1. The van der Waals surface area contributed by atoms with Crippen molar-refractivity contribution in [2.45, 2.75) is 39.7 Å². The molecule has 0 radical (unpaired) electrons. The quantitative estimate of drug-likeness (QED) is 0.869. The summed E-state index contributed by atoms with van der Waals surface area (Å²) in [5.41, 5.74) is 2.03. The first-order valence-electron chi connectivity index (χ1n) is 7.06. The van der Waals surface area contributed by atoms with Crippen LogP contribution in [-0.4, -0.2) is 24.0 Å². The van der Waals surface area contributed by atoms with Crippen LogP contribution in [0, 0.1) is 12.3 Å². The summed E-state index contributed by atoms with van der Waals surface area (Å²) in [6.45, 7) is 6.54. The number of hydrogen-bond donors (Lipinski definition) is 2. The fraction of sp³-hybridized carbons (Fsp3) is 0.600. The van der Waals surface area contributed by atoms with Crippen LogP contribution in [0.3, 0.4) is 0 Å². The summed E-state index contributed by atoms with van der Waals surface area (Å²) >= 11 is 0. The van der Waals surface area contributed by atoms with Crippen LogP contribution in [-0.2, 0) is 11.3 Å². The Labute approximate surface area is 115 Å². The first-order chi connectivity index (χ1) is 9.18. The van der Waals surface area contributed by atoms with Gasteiger partial charge in [-0.15, -0.1) is 0 Å². The Bertz CT molecular complexity index is 439. The van der Waals surface area contributed by atoms with Gasteiger partial charge in [0.15, 0.2) is 0 Å². The second-order valence-electron chi connectivity index (χ2n) is 5.40. The van der Waals surface area contributed by atoms with Crippen LogP contribution in [0.4, 0.5) is 0 Å². The molecule has 2 N–H and O–H groups in total. The minimum absolute atomic E-state index is 0.179. The summed E-state index contributed by atoms with van der Waals surface area (Å²) in [6, 6.07) is 1.97.